The summed E-state index contributed by atoms with van der Waals surface area (Å²) in [7, 11) is 0. The van der Waals surface area contributed by atoms with Crippen LogP contribution in [0.25, 0.3) is 116 Å². The van der Waals surface area contributed by atoms with Crippen LogP contribution >= 0.6 is 0 Å². The molecule has 0 radical (unpaired) electrons. The maximum Gasteiger partial charge on any atom is 0.164 e. The highest BCUT2D eigenvalue weighted by molar-refractivity contribution is 6.40. The molecule has 0 aliphatic heterocycles. The van der Waals surface area contributed by atoms with Gasteiger partial charge in [0.1, 0.15) is 11.2 Å². The van der Waals surface area contributed by atoms with Crippen LogP contribution in [-0.2, 0) is 0 Å². The van der Waals surface area contributed by atoms with E-state index in [9.17, 15) is 0 Å². The molecule has 3 aromatic heterocycles. The van der Waals surface area contributed by atoms with Crippen molar-refractivity contribution in [3.8, 4) is 39.9 Å². The molecule has 12 aromatic rings. The van der Waals surface area contributed by atoms with Crippen LogP contribution in [0.4, 0.5) is 0 Å². The van der Waals surface area contributed by atoms with Crippen molar-refractivity contribution in [2.24, 2.45) is 0 Å². The molecule has 5 nitrogen and oxygen atoms in total. The number of hydrogen-bond donors (Lipinski definition) is 0. The fourth-order valence-electron chi connectivity index (χ4n) is 8.56. The lowest BCUT2D eigenvalue weighted by atomic mass is 9.89. The molecule has 3 heterocycles. The second-order valence-corrected chi connectivity index (χ2v) is 13.6. The topological polar surface area (TPSA) is 56.7 Å². The summed E-state index contributed by atoms with van der Waals surface area (Å²) in [5.41, 5.74) is 7.82. The molecule has 0 aliphatic carbocycles. The molecule has 9 aromatic carbocycles. The quantitative estimate of drug-likeness (QED) is 0.139. The molecule has 0 aliphatic rings. The van der Waals surface area contributed by atoms with Gasteiger partial charge in [-0.1, -0.05) is 121 Å². The molecule has 0 spiro atoms. The molecule has 240 valence electrons. The monoisotopic (exact) mass is 662 g/mol. The number of nitrogens with zero attached hydrogens (tertiary/aromatic N) is 4. The summed E-state index contributed by atoms with van der Waals surface area (Å²) in [5, 5.41) is 12.4. The van der Waals surface area contributed by atoms with E-state index in [4.69, 9.17) is 19.4 Å². The molecule has 0 N–H and O–H groups in total. The Morgan fingerprint density at radius 2 is 1.02 bits per heavy atom. The number of rotatable bonds is 4. The maximum atomic E-state index is 6.25. The number of hydrogen-bond acceptors (Lipinski definition) is 4. The molecule has 0 amide bonds. The van der Waals surface area contributed by atoms with E-state index in [-0.39, 0.29) is 0 Å². The van der Waals surface area contributed by atoms with E-state index < -0.39 is 0 Å². The largest absolute Gasteiger partial charge is 0.456 e. The minimum Gasteiger partial charge on any atom is -0.456 e. The van der Waals surface area contributed by atoms with E-state index in [1.54, 1.807) is 0 Å². The van der Waals surface area contributed by atoms with Crippen molar-refractivity contribution in [2.75, 3.05) is 0 Å². The third-order valence-corrected chi connectivity index (χ3v) is 10.7. The van der Waals surface area contributed by atoms with Crippen LogP contribution in [0.2, 0.25) is 0 Å². The number of furan rings is 1. The summed E-state index contributed by atoms with van der Waals surface area (Å²) in [6.45, 7) is 0. The number of para-hydroxylation sites is 1. The summed E-state index contributed by atoms with van der Waals surface area (Å²) < 4.78 is 8.66. The van der Waals surface area contributed by atoms with Crippen molar-refractivity contribution in [3.05, 3.63) is 158 Å². The van der Waals surface area contributed by atoms with Gasteiger partial charge >= 0.3 is 0 Å². The normalized spacial score (nSPS) is 12.2. The zero-order valence-electron chi connectivity index (χ0n) is 27.7. The standard InChI is InChI=1S/C47H26N4O/c1-2-10-29(11-3-1)45-48-46(50-47(49-45)35-18-9-21-39-42(35)34-15-4-5-20-38(34)52-39)30-13-6-14-31(26-30)51-36-19-8-17-33-32-16-7-12-27-22-23-28-24-25-37(51)44(43(33)36)41(28)40(27)32/h1-26H. The van der Waals surface area contributed by atoms with Gasteiger partial charge in [0.05, 0.1) is 11.0 Å². The second kappa shape index (κ2) is 10.2. The molecule has 0 unspecified atom stereocenters. The first kappa shape index (κ1) is 27.7. The highest BCUT2D eigenvalue weighted by atomic mass is 16.3. The lowest BCUT2D eigenvalue weighted by molar-refractivity contribution is 0.669. The van der Waals surface area contributed by atoms with Gasteiger partial charge in [-0.25, -0.2) is 15.0 Å². The van der Waals surface area contributed by atoms with Gasteiger partial charge < -0.3 is 8.98 Å². The lowest BCUT2D eigenvalue weighted by Gasteiger charge is -2.13. The third-order valence-electron chi connectivity index (χ3n) is 10.7. The molecule has 0 saturated heterocycles. The zero-order valence-corrected chi connectivity index (χ0v) is 27.7. The Bertz CT molecular complexity index is 3360. The van der Waals surface area contributed by atoms with E-state index in [0.29, 0.717) is 17.5 Å². The van der Waals surface area contributed by atoms with Crippen molar-refractivity contribution < 1.29 is 4.42 Å². The minimum absolute atomic E-state index is 0.604. The molecule has 0 bridgehead atoms. The molecule has 0 fully saturated rings. The smallest absolute Gasteiger partial charge is 0.164 e. The minimum atomic E-state index is 0.604. The maximum absolute atomic E-state index is 6.25. The molecule has 12 rings (SSSR count). The zero-order chi connectivity index (χ0) is 33.9. The van der Waals surface area contributed by atoms with Crippen molar-refractivity contribution in [1.29, 1.82) is 0 Å². The van der Waals surface area contributed by atoms with E-state index in [1.165, 1.54) is 54.1 Å². The van der Waals surface area contributed by atoms with Gasteiger partial charge in [0.25, 0.3) is 0 Å². The SMILES string of the molecule is c1ccc(-c2nc(-c3cccc(-n4c5cccc6c7cccc8ccc9ccc4c(c9c87)c65)c3)nc(-c3cccc4oc5ccccc5c34)n2)cc1. The average Bonchev–Trinajstić information content (AvgIpc) is 3.77. The van der Waals surface area contributed by atoms with Crippen LogP contribution in [0.15, 0.2) is 162 Å². The molecule has 0 atom stereocenters. The molecule has 0 saturated carbocycles. The van der Waals surface area contributed by atoms with Gasteiger partial charge in [-0.05, 0) is 63.3 Å². The molecular weight excluding hydrogens is 637 g/mol. The van der Waals surface area contributed by atoms with Crippen LogP contribution in [0.3, 0.4) is 0 Å². The molecule has 52 heavy (non-hydrogen) atoms. The summed E-state index contributed by atoms with van der Waals surface area (Å²) >= 11 is 0. The van der Waals surface area contributed by atoms with Gasteiger partial charge in [0, 0.05) is 49.3 Å². The highest BCUT2D eigenvalue weighted by Crippen LogP contribution is 2.47. The third kappa shape index (κ3) is 3.74. The van der Waals surface area contributed by atoms with Crippen molar-refractivity contribution in [2.45, 2.75) is 0 Å². The van der Waals surface area contributed by atoms with Crippen LogP contribution in [0.5, 0.6) is 0 Å². The van der Waals surface area contributed by atoms with E-state index in [0.717, 1.165) is 44.3 Å². The lowest BCUT2D eigenvalue weighted by Crippen LogP contribution is -2.01. The predicted molar refractivity (Wildman–Crippen MR) is 213 cm³/mol. The Morgan fingerprint density at radius 3 is 1.92 bits per heavy atom. The van der Waals surface area contributed by atoms with Crippen LogP contribution in [0, 0.1) is 0 Å². The van der Waals surface area contributed by atoms with E-state index in [2.05, 4.69) is 102 Å². The molecular formula is C47H26N4O. The fourth-order valence-corrected chi connectivity index (χ4v) is 8.56. The number of fused-ring (bicyclic) bond motifs is 4. The van der Waals surface area contributed by atoms with Crippen molar-refractivity contribution in [3.63, 3.8) is 0 Å². The highest BCUT2D eigenvalue weighted by Gasteiger charge is 2.23. The molecule has 5 heteroatoms. The summed E-state index contributed by atoms with van der Waals surface area (Å²) in [5.74, 6) is 1.84. The second-order valence-electron chi connectivity index (χ2n) is 13.6. The predicted octanol–water partition coefficient (Wildman–Crippen LogP) is 12.2. The Morgan fingerprint density at radius 1 is 0.385 bits per heavy atom. The first-order valence-corrected chi connectivity index (χ1v) is 17.5. The van der Waals surface area contributed by atoms with Gasteiger partial charge in [-0.15, -0.1) is 0 Å². The van der Waals surface area contributed by atoms with Crippen LogP contribution < -0.4 is 0 Å². The number of aromatic nitrogens is 4. The average molecular weight is 663 g/mol. The van der Waals surface area contributed by atoms with Crippen LogP contribution in [0.1, 0.15) is 0 Å². The van der Waals surface area contributed by atoms with Crippen molar-refractivity contribution in [1.82, 2.24) is 19.5 Å². The Balaban J connectivity index is 1.11. The first-order chi connectivity index (χ1) is 25.8. The van der Waals surface area contributed by atoms with E-state index in [1.807, 2.05) is 60.7 Å². The Labute approximate surface area is 296 Å². The van der Waals surface area contributed by atoms with Gasteiger partial charge in [0.2, 0.25) is 0 Å². The first-order valence-electron chi connectivity index (χ1n) is 17.5. The summed E-state index contributed by atoms with van der Waals surface area (Å²) in [6.07, 6.45) is 0. The summed E-state index contributed by atoms with van der Waals surface area (Å²) in [6, 6.07) is 55.4. The summed E-state index contributed by atoms with van der Waals surface area (Å²) in [4.78, 5) is 15.4. The Hall–Kier alpha value is -7.11. The van der Waals surface area contributed by atoms with Gasteiger partial charge in [-0.3, -0.25) is 0 Å². The van der Waals surface area contributed by atoms with E-state index >= 15 is 0 Å². The van der Waals surface area contributed by atoms with Crippen LogP contribution in [-0.4, -0.2) is 19.5 Å². The number of benzene rings is 9. The van der Waals surface area contributed by atoms with Crippen molar-refractivity contribution >= 4 is 76.1 Å². The fraction of sp³-hybridized carbons (Fsp3) is 0. The van der Waals surface area contributed by atoms with Gasteiger partial charge in [-0.2, -0.15) is 0 Å². The Kier molecular flexibility index (Phi) is 5.44. The van der Waals surface area contributed by atoms with Gasteiger partial charge in [0.15, 0.2) is 17.5 Å².